The van der Waals surface area contributed by atoms with E-state index in [2.05, 4.69) is 25.2 Å². The van der Waals surface area contributed by atoms with Gasteiger partial charge in [-0.1, -0.05) is 39.5 Å². The third-order valence-electron chi connectivity index (χ3n) is 5.85. The fraction of sp³-hybridized carbons (Fsp3) is 0.750. The van der Waals surface area contributed by atoms with Gasteiger partial charge < -0.3 is 5.92 Å². The quantitative estimate of drug-likeness (QED) is 0.190. The summed E-state index contributed by atoms with van der Waals surface area (Å²) < 4.78 is 19.5. The van der Waals surface area contributed by atoms with E-state index in [0.717, 1.165) is 62.6 Å². The number of quaternary nitrogens is 1. The molecule has 0 amide bonds. The fourth-order valence-electron chi connectivity index (χ4n) is 4.41. The van der Waals surface area contributed by atoms with Crippen LogP contribution in [0.2, 0.25) is 0 Å². The van der Waals surface area contributed by atoms with E-state index in [9.17, 15) is 4.79 Å². The van der Waals surface area contributed by atoms with Crippen molar-refractivity contribution in [3.63, 3.8) is 0 Å². The van der Waals surface area contributed by atoms with Gasteiger partial charge in [-0.15, -0.1) is 0 Å². The van der Waals surface area contributed by atoms with Gasteiger partial charge in [0.15, 0.2) is 0 Å². The van der Waals surface area contributed by atoms with Crippen LogP contribution >= 0.6 is 8.13 Å². The molecule has 3 saturated heterocycles. The number of hydrogen-bond donors (Lipinski definition) is 0. The smallest absolute Gasteiger partial charge is 0 e. The van der Waals surface area contributed by atoms with Gasteiger partial charge in [0.05, 0.1) is 0 Å². The van der Waals surface area contributed by atoms with Gasteiger partial charge in [0.25, 0.3) is 0 Å². The van der Waals surface area contributed by atoms with Crippen molar-refractivity contribution in [2.75, 3.05) is 45.6 Å². The van der Waals surface area contributed by atoms with Gasteiger partial charge in [0.1, 0.15) is 0 Å². The zero-order valence-electron chi connectivity index (χ0n) is 16.3. The van der Waals surface area contributed by atoms with Gasteiger partial charge in [-0.25, -0.2) is 0 Å². The fourth-order valence-corrected chi connectivity index (χ4v) is 15.3. The normalized spacial score (nSPS) is 30.1. The molecule has 1 atom stereocenters. The van der Waals surface area contributed by atoms with Crippen LogP contribution in [0.15, 0.2) is 0 Å². The Morgan fingerprint density at radius 3 is 2.36 bits per heavy atom. The maximum atomic E-state index is 10.9. The van der Waals surface area contributed by atoms with Crippen molar-refractivity contribution in [3.05, 3.63) is 13.3 Å². The molecule has 0 saturated carbocycles. The summed E-state index contributed by atoms with van der Waals surface area (Å²) in [6.45, 7) is 8.89. The number of hydrogen-bond acceptors (Lipinski definition) is 4. The number of carbonyl (C=O) groups excluding carboxylic acids is 1. The molecule has 3 fully saturated rings. The largest absolute Gasteiger partial charge is 0 e. The number of ketones is 1. The third-order valence-corrected chi connectivity index (χ3v) is 16.7. The van der Waals surface area contributed by atoms with Crippen LogP contribution in [-0.2, 0) is 50.8 Å². The molecular weight excluding hydrogens is 466 g/mol. The first-order valence-corrected chi connectivity index (χ1v) is 14.3. The molecule has 4 aliphatic rings. The Balaban J connectivity index is 0.000000336. The molecule has 28 heavy (non-hydrogen) atoms. The number of Topliss-reactive ketones (excluding diaryl/α,β-unsaturated/α-hetero) is 1. The zero-order valence-corrected chi connectivity index (χ0v) is 21.2. The molecule has 159 valence electrons. The van der Waals surface area contributed by atoms with Gasteiger partial charge in [-0.05, 0) is 0 Å². The first-order chi connectivity index (χ1) is 12.6. The van der Waals surface area contributed by atoms with Crippen molar-refractivity contribution in [1.29, 1.82) is 0 Å². The second kappa shape index (κ2) is 11.8. The molecule has 1 unspecified atom stereocenters. The average Bonchev–Trinajstić information content (AvgIpc) is 3.11. The van der Waals surface area contributed by atoms with Crippen LogP contribution in [0, 0.1) is 25.2 Å². The molecule has 0 aromatic rings. The Bertz CT molecular complexity index is 536. The standard InChI is InChI=1S/C11H21NO4PSi.C8H11.CH4.Y/c1-11(13)3-2-10-17-18-12(4-7-14-18,5-8-15-18)6-9-16-18;1-2-4-6-8-7-5-3-1;;/h17H,1-10H2;1H,2,4,6-8H2;1H4;/q2*-1;;. The summed E-state index contributed by atoms with van der Waals surface area (Å²) in [6.07, 6.45) is 10.8. The van der Waals surface area contributed by atoms with Crippen molar-refractivity contribution < 1.29 is 54.9 Å². The van der Waals surface area contributed by atoms with Crippen LogP contribution in [0.25, 0.3) is 0 Å². The first-order valence-electron chi connectivity index (χ1n) is 9.97. The summed E-state index contributed by atoms with van der Waals surface area (Å²) in [5, 5.41) is 0. The van der Waals surface area contributed by atoms with Crippen molar-refractivity contribution in [1.82, 2.24) is 0 Å². The van der Waals surface area contributed by atoms with Crippen LogP contribution < -0.4 is 0 Å². The average molecular weight is 502 g/mol. The predicted octanol–water partition coefficient (Wildman–Crippen LogP) is 3.43. The molecule has 5 nitrogen and oxygen atoms in total. The summed E-state index contributed by atoms with van der Waals surface area (Å²) in [5.41, 5.74) is 0. The molecule has 4 rings (SSSR count). The number of nitrogens with zero attached hydrogens (tertiary/aromatic N) is 1. The topological polar surface area (TPSA) is 44.8 Å². The molecule has 0 N–H and O–H groups in total. The van der Waals surface area contributed by atoms with Gasteiger partial charge in [-0.2, -0.15) is 6.42 Å². The maximum absolute atomic E-state index is 10.9. The SMILES string of the molecule is C.C1#CCCCCC[CH-]1.[CH2-]C(=O)CCCP[Si-]123OCC[N+]1(CCO2)CCO3.[Y]. The van der Waals surface area contributed by atoms with Crippen LogP contribution in [0.5, 0.6) is 0 Å². The molecule has 0 aromatic heterocycles. The van der Waals surface area contributed by atoms with Gasteiger partial charge in [0.2, 0.25) is 0 Å². The zero-order chi connectivity index (χ0) is 18.4. The van der Waals surface area contributed by atoms with Crippen LogP contribution in [0.4, 0.5) is 0 Å². The summed E-state index contributed by atoms with van der Waals surface area (Å²) in [5.74, 6) is 6.11. The Morgan fingerprint density at radius 1 is 1.11 bits per heavy atom. The molecule has 3 aliphatic heterocycles. The molecule has 0 spiro atoms. The van der Waals surface area contributed by atoms with E-state index in [4.69, 9.17) is 13.3 Å². The van der Waals surface area contributed by atoms with E-state index in [1.165, 1.54) is 25.7 Å². The van der Waals surface area contributed by atoms with E-state index in [-0.39, 0.29) is 45.9 Å². The maximum Gasteiger partial charge on any atom is 0 e. The summed E-state index contributed by atoms with van der Waals surface area (Å²) in [7, 11) is -2.56. The van der Waals surface area contributed by atoms with Crippen molar-refractivity contribution >= 4 is 21.8 Å². The van der Waals surface area contributed by atoms with E-state index in [1.54, 1.807) is 0 Å². The number of carbonyl (C=O) groups is 1. The second-order valence-corrected chi connectivity index (χ2v) is 15.6. The van der Waals surface area contributed by atoms with E-state index < -0.39 is 7.91 Å². The molecular formula is C20H36NO4PSiY-2. The molecule has 3 heterocycles. The monoisotopic (exact) mass is 502 g/mol. The molecule has 0 bridgehead atoms. The predicted molar refractivity (Wildman–Crippen MR) is 113 cm³/mol. The van der Waals surface area contributed by atoms with Gasteiger partial charge in [-0.3, -0.25) is 5.92 Å². The first kappa shape index (κ1) is 26.6. The van der Waals surface area contributed by atoms with E-state index in [1.807, 2.05) is 0 Å². The Labute approximate surface area is 199 Å². The van der Waals surface area contributed by atoms with E-state index in [0.29, 0.717) is 14.5 Å². The molecule has 1 aliphatic carbocycles. The van der Waals surface area contributed by atoms with Crippen molar-refractivity contribution in [2.45, 2.75) is 52.4 Å². The molecule has 8 heteroatoms. The minimum Gasteiger partial charge on any atom is 0 e. The van der Waals surface area contributed by atoms with Gasteiger partial charge in [0, 0.05) is 32.7 Å². The minimum absolute atomic E-state index is 0. The Hall–Kier alpha value is 0.561. The van der Waals surface area contributed by atoms with Gasteiger partial charge >= 0.3 is 109 Å². The minimum atomic E-state index is -3.14. The molecule has 1 radical (unpaired) electrons. The van der Waals surface area contributed by atoms with Crippen molar-refractivity contribution in [2.24, 2.45) is 0 Å². The summed E-state index contributed by atoms with van der Waals surface area (Å²) in [4.78, 5) is 10.9. The van der Waals surface area contributed by atoms with Crippen LogP contribution in [0.1, 0.15) is 52.4 Å². The third kappa shape index (κ3) is 5.42. The summed E-state index contributed by atoms with van der Waals surface area (Å²) >= 11 is 0. The Kier molecular flexibility index (Phi) is 11.2. The van der Waals surface area contributed by atoms with Crippen LogP contribution in [0.3, 0.4) is 0 Å². The molecule has 0 aromatic carbocycles. The Morgan fingerprint density at radius 2 is 1.75 bits per heavy atom. The number of rotatable bonds is 5. The van der Waals surface area contributed by atoms with Crippen molar-refractivity contribution in [3.8, 4) is 11.8 Å². The van der Waals surface area contributed by atoms with Crippen LogP contribution in [-0.4, -0.2) is 63.5 Å². The van der Waals surface area contributed by atoms with E-state index >= 15 is 0 Å². The second-order valence-electron chi connectivity index (χ2n) is 7.50. The summed E-state index contributed by atoms with van der Waals surface area (Å²) in [6, 6.07) is 0.